The van der Waals surface area contributed by atoms with Gasteiger partial charge in [0, 0.05) is 66.6 Å². The lowest BCUT2D eigenvalue weighted by atomic mass is 9.60. The molecule has 2 aliphatic heterocycles. The molecule has 11 atom stereocenters. The average molecular weight is 993 g/mol. The number of hydrogen-bond donors (Lipinski definition) is 3. The molecule has 17 nitrogen and oxygen atoms in total. The Morgan fingerprint density at radius 2 is 1.54 bits per heavy atom. The van der Waals surface area contributed by atoms with Crippen molar-refractivity contribution in [1.82, 2.24) is 30.2 Å². The number of imide groups is 1. The van der Waals surface area contributed by atoms with Crippen molar-refractivity contribution in [3.8, 4) is 0 Å². The Labute approximate surface area is 424 Å². The molecule has 2 fully saturated rings. The SMILES string of the molecule is [B]C(C)(CC)C1CC(=O)N(CCCCCC(=O)N(C)[C@H](C(=O)N[C@H](C(=O)N(C)[C@@H]([C@@H](C)CC)[C@@H](CC(=O)N2CCC[C@H]2[C@H](OC)[C@@H](C)C(=O)N[C@@H](Cc2ccccc2)C(=O)O)OC)C(C)C)C(C)C)C1=O. The van der Waals surface area contributed by atoms with Crippen LogP contribution in [0, 0.1) is 29.6 Å². The molecule has 3 N–H and O–H groups in total. The first-order valence-electron chi connectivity index (χ1n) is 25.8. The van der Waals surface area contributed by atoms with Crippen LogP contribution >= 0.6 is 0 Å². The molecule has 1 aromatic carbocycles. The molecule has 0 saturated carbocycles. The number of benzene rings is 1. The molecule has 1 aromatic rings. The third-order valence-electron chi connectivity index (χ3n) is 15.2. The number of methoxy groups -OCH3 is 2. The Bertz CT molecular complexity index is 1970. The second kappa shape index (κ2) is 27.8. The van der Waals surface area contributed by atoms with Crippen LogP contribution in [-0.2, 0) is 54.3 Å². The molecule has 2 radical (unpaired) electrons. The molecule has 0 spiro atoms. The van der Waals surface area contributed by atoms with Gasteiger partial charge in [0.2, 0.25) is 41.4 Å². The Balaban J connectivity index is 1.69. The lowest BCUT2D eigenvalue weighted by Gasteiger charge is -2.41. The standard InChI is InChI=1S/C53H85BN6O11/c1-14-34(7)46(40(70-12)31-43(63)59-28-22-25-39(59)47(71-13)35(8)48(64)55-38(52(68)69)29-36-23-18-16-19-24-36)58(11)51(67)44(32(3)4)56-49(65)45(33(5)6)57(10)41(61)26-20-17-21-27-60-42(62)30-37(50(60)66)53(9,54)15-2/h16,18-19,23-24,32-35,37-40,44-47H,14-15,17,20-22,25-31H2,1-13H3,(H,55,64)(H,56,65)(H,68,69)/t34-,35+,37?,38-,39-,40+,44-,45-,46-,47+,53?/m0/s1. The molecule has 0 bridgehead atoms. The predicted molar refractivity (Wildman–Crippen MR) is 272 cm³/mol. The smallest absolute Gasteiger partial charge is 0.326 e. The maximum atomic E-state index is 14.6. The molecule has 3 rings (SSSR count). The molecule has 18 heteroatoms. The number of nitrogens with one attached hydrogen (secondary N) is 2. The van der Waals surface area contributed by atoms with Crippen LogP contribution in [0.1, 0.15) is 132 Å². The van der Waals surface area contributed by atoms with Crippen LogP contribution in [0.4, 0.5) is 0 Å². The first-order chi connectivity index (χ1) is 33.4. The highest BCUT2D eigenvalue weighted by Gasteiger charge is 2.46. The fraction of sp³-hybridized carbons (Fsp3) is 0.736. The number of ether oxygens (including phenoxy) is 2. The van der Waals surface area contributed by atoms with Gasteiger partial charge in [-0.2, -0.15) is 0 Å². The number of amides is 7. The van der Waals surface area contributed by atoms with Crippen molar-refractivity contribution in [1.29, 1.82) is 0 Å². The van der Waals surface area contributed by atoms with E-state index in [2.05, 4.69) is 10.6 Å². The molecule has 396 valence electrons. The molecule has 2 saturated heterocycles. The molecule has 0 aromatic heterocycles. The summed E-state index contributed by atoms with van der Waals surface area (Å²) in [6.07, 6.45) is 2.83. The number of unbranched alkanes of at least 4 members (excludes halogenated alkanes) is 2. The molecular formula is C53H85BN6O11. The fourth-order valence-corrected chi connectivity index (χ4v) is 10.3. The zero-order chi connectivity index (χ0) is 53.5. The summed E-state index contributed by atoms with van der Waals surface area (Å²) in [5.41, 5.74) is 0.761. The van der Waals surface area contributed by atoms with Gasteiger partial charge < -0.3 is 39.9 Å². The topological polar surface area (TPSA) is 212 Å². The summed E-state index contributed by atoms with van der Waals surface area (Å²) in [5, 5.41) is 14.9. The van der Waals surface area contributed by atoms with Crippen molar-refractivity contribution in [2.75, 3.05) is 41.4 Å². The minimum absolute atomic E-state index is 0.0858. The maximum absolute atomic E-state index is 14.6. The highest BCUT2D eigenvalue weighted by atomic mass is 16.5. The Morgan fingerprint density at radius 1 is 0.887 bits per heavy atom. The van der Waals surface area contributed by atoms with Gasteiger partial charge in [0.05, 0.1) is 44.5 Å². The van der Waals surface area contributed by atoms with Gasteiger partial charge >= 0.3 is 5.97 Å². The van der Waals surface area contributed by atoms with Crippen LogP contribution in [0.25, 0.3) is 0 Å². The largest absolute Gasteiger partial charge is 0.480 e. The van der Waals surface area contributed by atoms with Crippen molar-refractivity contribution in [3.05, 3.63) is 35.9 Å². The fourth-order valence-electron chi connectivity index (χ4n) is 10.3. The third-order valence-corrected chi connectivity index (χ3v) is 15.2. The Hall–Kier alpha value is -4.84. The summed E-state index contributed by atoms with van der Waals surface area (Å²) in [6, 6.07) is 4.93. The van der Waals surface area contributed by atoms with Gasteiger partial charge in [-0.05, 0) is 49.0 Å². The van der Waals surface area contributed by atoms with Gasteiger partial charge in [0.25, 0.3) is 0 Å². The minimum atomic E-state index is -1.16. The van der Waals surface area contributed by atoms with Gasteiger partial charge in [-0.1, -0.05) is 117 Å². The molecule has 2 heterocycles. The summed E-state index contributed by atoms with van der Waals surface area (Å²) in [7, 11) is 12.5. The van der Waals surface area contributed by atoms with E-state index in [1.54, 1.807) is 62.0 Å². The quantitative estimate of drug-likeness (QED) is 0.0550. The number of carbonyl (C=O) groups excluding carboxylic acids is 7. The van der Waals surface area contributed by atoms with E-state index in [9.17, 15) is 43.5 Å². The van der Waals surface area contributed by atoms with E-state index in [0.717, 1.165) is 5.56 Å². The van der Waals surface area contributed by atoms with Crippen LogP contribution in [-0.4, -0.2) is 164 Å². The monoisotopic (exact) mass is 993 g/mol. The van der Waals surface area contributed by atoms with Gasteiger partial charge in [0.15, 0.2) is 0 Å². The van der Waals surface area contributed by atoms with Crippen molar-refractivity contribution >= 4 is 55.2 Å². The van der Waals surface area contributed by atoms with E-state index in [1.807, 2.05) is 54.5 Å². The summed E-state index contributed by atoms with van der Waals surface area (Å²) in [4.78, 5) is 114. The number of carboxylic acids is 1. The molecule has 2 aliphatic rings. The lowest BCUT2D eigenvalue weighted by molar-refractivity contribution is -0.149. The highest BCUT2D eigenvalue weighted by Crippen LogP contribution is 2.42. The number of nitrogens with zero attached hydrogens (tertiary/aromatic N) is 4. The Morgan fingerprint density at radius 3 is 2.08 bits per heavy atom. The van der Waals surface area contributed by atoms with Crippen molar-refractivity contribution in [2.45, 2.75) is 181 Å². The number of likely N-dealkylation sites (tertiary alicyclic amines) is 2. The number of carbonyl (C=O) groups is 8. The normalized spacial score (nSPS) is 20.4. The number of aliphatic carboxylic acids is 1. The first-order valence-corrected chi connectivity index (χ1v) is 25.8. The van der Waals surface area contributed by atoms with E-state index < -0.39 is 77.4 Å². The summed E-state index contributed by atoms with van der Waals surface area (Å²) < 4.78 is 11.9. The highest BCUT2D eigenvalue weighted by molar-refractivity contribution is 6.19. The minimum Gasteiger partial charge on any atom is -0.480 e. The molecule has 0 aliphatic carbocycles. The zero-order valence-corrected chi connectivity index (χ0v) is 44.9. The van der Waals surface area contributed by atoms with E-state index in [0.29, 0.717) is 51.5 Å². The van der Waals surface area contributed by atoms with Crippen molar-refractivity contribution in [3.63, 3.8) is 0 Å². The van der Waals surface area contributed by atoms with Gasteiger partial charge in [-0.15, -0.1) is 0 Å². The summed E-state index contributed by atoms with van der Waals surface area (Å²) in [5.74, 6) is -5.62. The third kappa shape index (κ3) is 15.8. The van der Waals surface area contributed by atoms with Gasteiger partial charge in [-0.25, -0.2) is 4.79 Å². The second-order valence-corrected chi connectivity index (χ2v) is 20.9. The molecule has 2 unspecified atom stereocenters. The Kier molecular flexibility index (Phi) is 23.7. The number of carboxylic acid groups (broad SMARTS) is 1. The van der Waals surface area contributed by atoms with E-state index in [4.69, 9.17) is 17.3 Å². The van der Waals surface area contributed by atoms with Crippen LogP contribution in [0.2, 0.25) is 5.31 Å². The zero-order valence-electron chi connectivity index (χ0n) is 44.9. The second-order valence-electron chi connectivity index (χ2n) is 20.9. The number of likely N-dealkylation sites (N-methyl/N-ethyl adjacent to an activating group) is 2. The maximum Gasteiger partial charge on any atom is 0.326 e. The van der Waals surface area contributed by atoms with Crippen molar-refractivity contribution in [2.24, 2.45) is 29.6 Å². The average Bonchev–Trinajstić information content (AvgIpc) is 3.93. The summed E-state index contributed by atoms with van der Waals surface area (Å²) in [6.45, 7) is 17.3. The molecule has 7 amide bonds. The van der Waals surface area contributed by atoms with E-state index in [-0.39, 0.29) is 79.5 Å². The summed E-state index contributed by atoms with van der Waals surface area (Å²) >= 11 is 0. The van der Waals surface area contributed by atoms with Crippen LogP contribution in [0.5, 0.6) is 0 Å². The van der Waals surface area contributed by atoms with Crippen LogP contribution < -0.4 is 10.6 Å². The van der Waals surface area contributed by atoms with Crippen molar-refractivity contribution < 1.29 is 52.9 Å². The first kappa shape index (κ1) is 60.5. The predicted octanol–water partition coefficient (Wildman–Crippen LogP) is 5.04. The van der Waals surface area contributed by atoms with E-state index in [1.165, 1.54) is 24.0 Å². The number of hydrogen-bond acceptors (Lipinski definition) is 10. The molecule has 71 heavy (non-hydrogen) atoms. The number of rotatable bonds is 29. The molecular weight excluding hydrogens is 907 g/mol. The van der Waals surface area contributed by atoms with Gasteiger partial charge in [-0.3, -0.25) is 38.5 Å². The van der Waals surface area contributed by atoms with Crippen LogP contribution in [0.15, 0.2) is 30.3 Å². The van der Waals surface area contributed by atoms with Gasteiger partial charge in [0.1, 0.15) is 18.1 Å². The lowest BCUT2D eigenvalue weighted by Crippen LogP contribution is -2.60. The van der Waals surface area contributed by atoms with Crippen LogP contribution in [0.3, 0.4) is 0 Å². The van der Waals surface area contributed by atoms with E-state index >= 15 is 0 Å².